The van der Waals surface area contributed by atoms with Crippen LogP contribution < -0.4 is 10.6 Å². The van der Waals surface area contributed by atoms with Crippen LogP contribution in [-0.2, 0) is 4.79 Å². The first-order valence-corrected chi connectivity index (χ1v) is 6.65. The van der Waals surface area contributed by atoms with Crippen LogP contribution in [0.2, 0.25) is 0 Å². The summed E-state index contributed by atoms with van der Waals surface area (Å²) in [6, 6.07) is 11.7. The Bertz CT molecular complexity index is 569. The van der Waals surface area contributed by atoms with Crippen molar-refractivity contribution in [2.45, 2.75) is 19.9 Å². The van der Waals surface area contributed by atoms with Gasteiger partial charge in [0.2, 0.25) is 5.91 Å². The number of benzene rings is 1. The molecule has 0 radical (unpaired) electrons. The first-order valence-electron chi connectivity index (χ1n) is 6.65. The van der Waals surface area contributed by atoms with Crippen LogP contribution in [0.3, 0.4) is 0 Å². The maximum absolute atomic E-state index is 11.9. The van der Waals surface area contributed by atoms with Crippen molar-refractivity contribution in [3.63, 3.8) is 0 Å². The molecule has 2 N–H and O–H groups in total. The second-order valence-electron chi connectivity index (χ2n) is 4.81. The molecule has 1 atom stereocenters. The smallest absolute Gasteiger partial charge is 0.238 e. The molecule has 1 amide bonds. The Morgan fingerprint density at radius 1 is 1.30 bits per heavy atom. The minimum atomic E-state index is -0.0497. The molecule has 0 saturated carbocycles. The number of hydrogen-bond donors (Lipinski definition) is 2. The van der Waals surface area contributed by atoms with Crippen molar-refractivity contribution in [2.24, 2.45) is 0 Å². The van der Waals surface area contributed by atoms with Crippen LogP contribution in [-0.4, -0.2) is 17.4 Å². The summed E-state index contributed by atoms with van der Waals surface area (Å²) in [5.74, 6) is -0.0497. The topological polar surface area (TPSA) is 54.0 Å². The molecule has 0 bridgehead atoms. The predicted molar refractivity (Wildman–Crippen MR) is 80.5 cm³/mol. The van der Waals surface area contributed by atoms with E-state index in [0.29, 0.717) is 0 Å². The summed E-state index contributed by atoms with van der Waals surface area (Å²) >= 11 is 0. The van der Waals surface area contributed by atoms with Crippen molar-refractivity contribution in [3.05, 3.63) is 59.9 Å². The number of amides is 1. The van der Waals surface area contributed by atoms with E-state index in [1.54, 1.807) is 12.4 Å². The molecule has 104 valence electrons. The van der Waals surface area contributed by atoms with Crippen molar-refractivity contribution >= 4 is 11.6 Å². The Balaban J connectivity index is 1.83. The van der Waals surface area contributed by atoms with E-state index in [4.69, 9.17) is 0 Å². The van der Waals surface area contributed by atoms with Gasteiger partial charge in [0, 0.05) is 24.1 Å². The molecule has 0 saturated heterocycles. The van der Waals surface area contributed by atoms with Gasteiger partial charge in [0.15, 0.2) is 0 Å². The Morgan fingerprint density at radius 2 is 2.15 bits per heavy atom. The highest BCUT2D eigenvalue weighted by Gasteiger charge is 2.07. The fraction of sp³-hybridized carbons (Fsp3) is 0.250. The van der Waals surface area contributed by atoms with E-state index in [-0.39, 0.29) is 18.5 Å². The van der Waals surface area contributed by atoms with E-state index in [1.165, 1.54) is 0 Å². The van der Waals surface area contributed by atoms with Crippen molar-refractivity contribution in [1.82, 2.24) is 10.3 Å². The number of anilines is 1. The predicted octanol–water partition coefficient (Wildman–Crippen LogP) is 2.68. The quantitative estimate of drug-likeness (QED) is 0.877. The Kier molecular flexibility index (Phi) is 4.85. The van der Waals surface area contributed by atoms with Gasteiger partial charge in [-0.25, -0.2) is 0 Å². The number of nitrogens with one attached hydrogen (secondary N) is 2. The molecule has 2 aromatic rings. The van der Waals surface area contributed by atoms with Gasteiger partial charge < -0.3 is 10.6 Å². The van der Waals surface area contributed by atoms with E-state index >= 15 is 0 Å². The van der Waals surface area contributed by atoms with Gasteiger partial charge in [-0.3, -0.25) is 9.78 Å². The number of carbonyl (C=O) groups is 1. The fourth-order valence-corrected chi connectivity index (χ4v) is 1.92. The zero-order valence-corrected chi connectivity index (χ0v) is 11.8. The molecular weight excluding hydrogens is 250 g/mol. The summed E-state index contributed by atoms with van der Waals surface area (Å²) in [5.41, 5.74) is 3.01. The van der Waals surface area contributed by atoms with Crippen molar-refractivity contribution < 1.29 is 4.79 Å². The van der Waals surface area contributed by atoms with Gasteiger partial charge in [-0.05, 0) is 43.2 Å². The first kappa shape index (κ1) is 14.2. The molecule has 20 heavy (non-hydrogen) atoms. The number of rotatable bonds is 5. The number of nitrogens with zero attached hydrogens (tertiary/aromatic N) is 1. The number of carbonyl (C=O) groups excluding carboxylic acids is 1. The molecule has 1 heterocycles. The first-order chi connectivity index (χ1) is 9.65. The maximum Gasteiger partial charge on any atom is 0.238 e. The molecule has 0 aliphatic rings. The van der Waals surface area contributed by atoms with E-state index < -0.39 is 0 Å². The molecule has 2 rings (SSSR count). The van der Waals surface area contributed by atoms with Crippen LogP contribution in [0.25, 0.3) is 0 Å². The average Bonchev–Trinajstić information content (AvgIpc) is 2.46. The van der Waals surface area contributed by atoms with Crippen LogP contribution in [0.15, 0.2) is 48.8 Å². The van der Waals surface area contributed by atoms with E-state index in [2.05, 4.69) is 15.6 Å². The maximum atomic E-state index is 11.9. The van der Waals surface area contributed by atoms with Gasteiger partial charge >= 0.3 is 0 Å². The summed E-state index contributed by atoms with van der Waals surface area (Å²) < 4.78 is 0. The third-order valence-corrected chi connectivity index (χ3v) is 3.06. The minimum Gasteiger partial charge on any atom is -0.325 e. The Labute approximate surface area is 119 Å². The van der Waals surface area contributed by atoms with Crippen LogP contribution in [0.5, 0.6) is 0 Å². The highest BCUT2D eigenvalue weighted by atomic mass is 16.1. The number of pyridine rings is 1. The number of aromatic nitrogens is 1. The summed E-state index contributed by atoms with van der Waals surface area (Å²) in [6.07, 6.45) is 3.54. The normalized spacial score (nSPS) is 11.9. The van der Waals surface area contributed by atoms with Crippen molar-refractivity contribution in [2.75, 3.05) is 11.9 Å². The molecule has 1 aromatic heterocycles. The molecular formula is C16H19N3O. The SMILES string of the molecule is Cc1cccc(NC(=O)CN[C@H](C)c2cccnc2)c1. The lowest BCUT2D eigenvalue weighted by Gasteiger charge is -2.13. The fourth-order valence-electron chi connectivity index (χ4n) is 1.92. The summed E-state index contributed by atoms with van der Waals surface area (Å²) in [6.45, 7) is 4.28. The van der Waals surface area contributed by atoms with Gasteiger partial charge in [-0.1, -0.05) is 18.2 Å². The zero-order chi connectivity index (χ0) is 14.4. The molecule has 0 fully saturated rings. The monoisotopic (exact) mass is 269 g/mol. The summed E-state index contributed by atoms with van der Waals surface area (Å²) in [5, 5.41) is 6.05. The van der Waals surface area contributed by atoms with Crippen LogP contribution >= 0.6 is 0 Å². The van der Waals surface area contributed by atoms with E-state index in [0.717, 1.165) is 16.8 Å². The summed E-state index contributed by atoms with van der Waals surface area (Å²) in [7, 11) is 0. The summed E-state index contributed by atoms with van der Waals surface area (Å²) in [4.78, 5) is 15.9. The van der Waals surface area contributed by atoms with E-state index in [9.17, 15) is 4.79 Å². The van der Waals surface area contributed by atoms with E-state index in [1.807, 2.05) is 50.2 Å². The second kappa shape index (κ2) is 6.82. The van der Waals surface area contributed by atoms with Gasteiger partial charge in [0.1, 0.15) is 0 Å². The molecule has 4 nitrogen and oxygen atoms in total. The number of aryl methyl sites for hydroxylation is 1. The van der Waals surface area contributed by atoms with Gasteiger partial charge in [-0.2, -0.15) is 0 Å². The standard InChI is InChI=1S/C16H19N3O/c1-12-5-3-7-15(9-12)19-16(20)11-18-13(2)14-6-4-8-17-10-14/h3-10,13,18H,11H2,1-2H3,(H,19,20)/t13-/m1/s1. The minimum absolute atomic E-state index is 0.0497. The van der Waals surface area contributed by atoms with Crippen molar-refractivity contribution in [1.29, 1.82) is 0 Å². The third-order valence-electron chi connectivity index (χ3n) is 3.06. The molecule has 0 unspecified atom stereocenters. The van der Waals surface area contributed by atoms with Crippen LogP contribution in [0.4, 0.5) is 5.69 Å². The highest BCUT2D eigenvalue weighted by molar-refractivity contribution is 5.92. The molecule has 0 aliphatic heterocycles. The second-order valence-corrected chi connectivity index (χ2v) is 4.81. The Morgan fingerprint density at radius 3 is 2.85 bits per heavy atom. The lowest BCUT2D eigenvalue weighted by molar-refractivity contribution is -0.115. The van der Waals surface area contributed by atoms with Gasteiger partial charge in [0.25, 0.3) is 0 Å². The largest absolute Gasteiger partial charge is 0.325 e. The lowest BCUT2D eigenvalue weighted by Crippen LogP contribution is -2.30. The molecule has 1 aromatic carbocycles. The van der Waals surface area contributed by atoms with Crippen molar-refractivity contribution in [3.8, 4) is 0 Å². The Hall–Kier alpha value is -2.20. The number of hydrogen-bond acceptors (Lipinski definition) is 3. The van der Waals surface area contributed by atoms with Gasteiger partial charge in [-0.15, -0.1) is 0 Å². The molecule has 4 heteroatoms. The molecule has 0 spiro atoms. The third kappa shape index (κ3) is 4.17. The highest BCUT2D eigenvalue weighted by Crippen LogP contribution is 2.11. The zero-order valence-electron chi connectivity index (χ0n) is 11.8. The average molecular weight is 269 g/mol. The van der Waals surface area contributed by atoms with Crippen LogP contribution in [0.1, 0.15) is 24.1 Å². The van der Waals surface area contributed by atoms with Gasteiger partial charge in [0.05, 0.1) is 6.54 Å². The lowest BCUT2D eigenvalue weighted by atomic mass is 10.1. The molecule has 0 aliphatic carbocycles. The van der Waals surface area contributed by atoms with Crippen LogP contribution in [0, 0.1) is 6.92 Å².